The lowest BCUT2D eigenvalue weighted by Gasteiger charge is -2.28. The molecule has 1 atom stereocenters. The fourth-order valence-electron chi connectivity index (χ4n) is 1.49. The van der Waals surface area contributed by atoms with E-state index in [2.05, 4.69) is 0 Å². The summed E-state index contributed by atoms with van der Waals surface area (Å²) in [5.41, 5.74) is 0. The largest absolute Gasteiger partial charge is 0.406 e. The van der Waals surface area contributed by atoms with E-state index in [1.54, 1.807) is 0 Å². The average Bonchev–Trinajstić information content (AvgIpc) is 2.14. The van der Waals surface area contributed by atoms with Gasteiger partial charge in [-0.25, -0.2) is 0 Å². The number of likely N-dealkylation sites (tertiary alicyclic amines) is 1. The summed E-state index contributed by atoms with van der Waals surface area (Å²) < 4.78 is 36.7. The van der Waals surface area contributed by atoms with Gasteiger partial charge < -0.3 is 4.90 Å². The molecule has 1 unspecified atom stereocenters. The number of nitrogens with zero attached hydrogens (tertiary/aromatic N) is 2. The van der Waals surface area contributed by atoms with Crippen molar-refractivity contribution in [2.75, 3.05) is 13.1 Å². The zero-order valence-corrected chi connectivity index (χ0v) is 8.05. The first-order valence-corrected chi connectivity index (χ1v) is 4.69. The van der Waals surface area contributed by atoms with Gasteiger partial charge in [0.05, 0.1) is 6.07 Å². The summed E-state index contributed by atoms with van der Waals surface area (Å²) in [5, 5.41) is 8.37. The molecule has 6 heteroatoms. The number of carbonyl (C=O) groups excluding carboxylic acids is 1. The van der Waals surface area contributed by atoms with Crippen molar-refractivity contribution in [1.82, 2.24) is 4.90 Å². The molecule has 1 aliphatic heterocycles. The summed E-state index contributed by atoms with van der Waals surface area (Å²) in [5.74, 6) is -2.36. The molecule has 1 heterocycles. The molecular formula is C9H11F3N2O. The summed E-state index contributed by atoms with van der Waals surface area (Å²) in [6.07, 6.45) is -2.83. The van der Waals surface area contributed by atoms with Gasteiger partial charge in [0, 0.05) is 19.5 Å². The normalized spacial score (nSPS) is 19.9. The van der Waals surface area contributed by atoms with Crippen LogP contribution in [0.5, 0.6) is 0 Å². The molecule has 15 heavy (non-hydrogen) atoms. The van der Waals surface area contributed by atoms with E-state index in [-0.39, 0.29) is 12.3 Å². The minimum atomic E-state index is -4.55. The summed E-state index contributed by atoms with van der Waals surface area (Å²) in [4.78, 5) is 12.4. The second kappa shape index (κ2) is 4.51. The molecule has 0 bridgehead atoms. The Kier molecular flexibility index (Phi) is 3.56. The Bertz CT molecular complexity index is 282. The third-order valence-electron chi connectivity index (χ3n) is 2.38. The van der Waals surface area contributed by atoms with Crippen LogP contribution in [-0.2, 0) is 4.79 Å². The van der Waals surface area contributed by atoms with Crippen molar-refractivity contribution in [2.24, 2.45) is 5.92 Å². The molecule has 0 radical (unpaired) electrons. The van der Waals surface area contributed by atoms with Crippen LogP contribution >= 0.6 is 0 Å². The number of alkyl halides is 3. The Morgan fingerprint density at radius 1 is 1.47 bits per heavy atom. The molecule has 0 aromatic heterocycles. The van der Waals surface area contributed by atoms with Gasteiger partial charge in [-0.1, -0.05) is 0 Å². The maximum absolute atomic E-state index is 12.2. The molecule has 3 nitrogen and oxygen atoms in total. The first kappa shape index (κ1) is 11.8. The molecule has 1 rings (SSSR count). The van der Waals surface area contributed by atoms with Crippen molar-refractivity contribution < 1.29 is 18.0 Å². The maximum atomic E-state index is 12.2. The molecule has 0 spiro atoms. The van der Waals surface area contributed by atoms with Gasteiger partial charge in [-0.2, -0.15) is 18.4 Å². The first-order valence-electron chi connectivity index (χ1n) is 4.69. The molecule has 0 aromatic carbocycles. The van der Waals surface area contributed by atoms with Crippen LogP contribution in [0.2, 0.25) is 0 Å². The lowest BCUT2D eigenvalue weighted by molar-refractivity contribution is -0.166. The number of amides is 1. The number of carbonyl (C=O) groups is 1. The van der Waals surface area contributed by atoms with Gasteiger partial charge in [0.1, 0.15) is 0 Å². The zero-order valence-electron chi connectivity index (χ0n) is 8.05. The number of hydrogen-bond acceptors (Lipinski definition) is 2. The second-order valence-corrected chi connectivity index (χ2v) is 3.52. The molecule has 0 saturated carbocycles. The van der Waals surface area contributed by atoms with Gasteiger partial charge in [-0.15, -0.1) is 0 Å². The molecule has 1 aliphatic rings. The molecule has 1 amide bonds. The van der Waals surface area contributed by atoms with E-state index in [1.807, 2.05) is 0 Å². The van der Waals surface area contributed by atoms with Crippen molar-refractivity contribution in [3.8, 4) is 6.07 Å². The SMILES string of the molecule is N#CC(CN1CCCCC1=O)C(F)(F)F. The predicted molar refractivity (Wildman–Crippen MR) is 45.6 cm³/mol. The highest BCUT2D eigenvalue weighted by atomic mass is 19.4. The Hall–Kier alpha value is -1.25. The highest BCUT2D eigenvalue weighted by Crippen LogP contribution is 2.27. The Labute approximate surface area is 85.5 Å². The van der Waals surface area contributed by atoms with Crippen molar-refractivity contribution in [3.05, 3.63) is 0 Å². The molecule has 0 aliphatic carbocycles. The van der Waals surface area contributed by atoms with E-state index in [0.717, 1.165) is 11.3 Å². The van der Waals surface area contributed by atoms with Gasteiger partial charge in [0.2, 0.25) is 5.91 Å². The van der Waals surface area contributed by atoms with Gasteiger partial charge in [0.25, 0.3) is 0 Å². The first-order chi connectivity index (χ1) is 6.95. The number of halogens is 3. The highest BCUT2D eigenvalue weighted by Gasteiger charge is 2.41. The number of nitriles is 1. The van der Waals surface area contributed by atoms with Gasteiger partial charge in [-0.3, -0.25) is 4.79 Å². The van der Waals surface area contributed by atoms with Crippen LogP contribution in [0.1, 0.15) is 19.3 Å². The Morgan fingerprint density at radius 3 is 2.60 bits per heavy atom. The summed E-state index contributed by atoms with van der Waals surface area (Å²) in [7, 11) is 0. The van der Waals surface area contributed by atoms with E-state index < -0.39 is 18.6 Å². The third-order valence-corrected chi connectivity index (χ3v) is 2.38. The monoisotopic (exact) mass is 220 g/mol. The summed E-state index contributed by atoms with van der Waals surface area (Å²) in [6, 6.07) is 1.19. The number of hydrogen-bond donors (Lipinski definition) is 0. The lowest BCUT2D eigenvalue weighted by Crippen LogP contribution is -2.42. The van der Waals surface area contributed by atoms with E-state index in [0.29, 0.717) is 13.0 Å². The van der Waals surface area contributed by atoms with Crippen LogP contribution in [0.4, 0.5) is 13.2 Å². The van der Waals surface area contributed by atoms with Crippen LogP contribution in [0.15, 0.2) is 0 Å². The number of piperidine rings is 1. The summed E-state index contributed by atoms with van der Waals surface area (Å²) >= 11 is 0. The van der Waals surface area contributed by atoms with Crippen molar-refractivity contribution in [1.29, 1.82) is 5.26 Å². The van der Waals surface area contributed by atoms with E-state index in [1.165, 1.54) is 6.07 Å². The van der Waals surface area contributed by atoms with Gasteiger partial charge in [-0.05, 0) is 12.8 Å². The molecular weight excluding hydrogens is 209 g/mol. The molecule has 1 fully saturated rings. The molecule has 0 aromatic rings. The predicted octanol–water partition coefficient (Wildman–Crippen LogP) is 1.70. The van der Waals surface area contributed by atoms with E-state index >= 15 is 0 Å². The summed E-state index contributed by atoms with van der Waals surface area (Å²) in [6.45, 7) is -0.202. The fourth-order valence-corrected chi connectivity index (χ4v) is 1.49. The third kappa shape index (κ3) is 3.11. The van der Waals surface area contributed by atoms with Crippen LogP contribution in [0.3, 0.4) is 0 Å². The Balaban J connectivity index is 2.59. The van der Waals surface area contributed by atoms with Crippen LogP contribution in [0.25, 0.3) is 0 Å². The molecule has 1 saturated heterocycles. The second-order valence-electron chi connectivity index (χ2n) is 3.52. The topological polar surface area (TPSA) is 44.1 Å². The highest BCUT2D eigenvalue weighted by molar-refractivity contribution is 5.76. The zero-order chi connectivity index (χ0) is 11.5. The van der Waals surface area contributed by atoms with Crippen LogP contribution < -0.4 is 0 Å². The van der Waals surface area contributed by atoms with Crippen LogP contribution in [0, 0.1) is 17.2 Å². The van der Waals surface area contributed by atoms with Gasteiger partial charge in [0.15, 0.2) is 5.92 Å². The van der Waals surface area contributed by atoms with E-state index in [9.17, 15) is 18.0 Å². The quantitative estimate of drug-likeness (QED) is 0.710. The smallest absolute Gasteiger partial charge is 0.341 e. The van der Waals surface area contributed by atoms with Gasteiger partial charge >= 0.3 is 6.18 Å². The fraction of sp³-hybridized carbons (Fsp3) is 0.778. The van der Waals surface area contributed by atoms with Crippen molar-refractivity contribution in [2.45, 2.75) is 25.4 Å². The van der Waals surface area contributed by atoms with Crippen molar-refractivity contribution >= 4 is 5.91 Å². The standard InChI is InChI=1S/C9H11F3N2O/c10-9(11,12)7(5-13)6-14-4-2-1-3-8(14)15/h7H,1-4,6H2. The van der Waals surface area contributed by atoms with Crippen LogP contribution in [-0.4, -0.2) is 30.1 Å². The number of rotatable bonds is 2. The minimum absolute atomic E-state index is 0.286. The van der Waals surface area contributed by atoms with E-state index in [4.69, 9.17) is 5.26 Å². The Morgan fingerprint density at radius 2 is 2.13 bits per heavy atom. The average molecular weight is 220 g/mol. The molecule has 0 N–H and O–H groups in total. The molecule has 84 valence electrons. The van der Waals surface area contributed by atoms with Crippen molar-refractivity contribution in [3.63, 3.8) is 0 Å². The minimum Gasteiger partial charge on any atom is -0.341 e. The lowest BCUT2D eigenvalue weighted by atomic mass is 10.1. The maximum Gasteiger partial charge on any atom is 0.406 e.